The first kappa shape index (κ1) is 13.4. The van der Waals surface area contributed by atoms with Gasteiger partial charge in [-0.25, -0.2) is 9.59 Å². The van der Waals surface area contributed by atoms with E-state index >= 15 is 0 Å². The SMILES string of the molecule is C=C(CC1(CC(=C)C(=O)O)OCCO1)C(=O)O. The number of carboxylic acid groups (broad SMARTS) is 2. The molecule has 0 amide bonds. The quantitative estimate of drug-likeness (QED) is 0.669. The van der Waals surface area contributed by atoms with Crippen LogP contribution in [0.15, 0.2) is 24.3 Å². The maximum absolute atomic E-state index is 10.7. The molecule has 1 rings (SSSR count). The molecule has 0 radical (unpaired) electrons. The second kappa shape index (κ2) is 5.11. The van der Waals surface area contributed by atoms with E-state index in [0.717, 1.165) is 0 Å². The largest absolute Gasteiger partial charge is 0.478 e. The molecule has 1 aliphatic heterocycles. The first-order valence-corrected chi connectivity index (χ1v) is 4.96. The van der Waals surface area contributed by atoms with E-state index in [1.807, 2.05) is 0 Å². The highest BCUT2D eigenvalue weighted by atomic mass is 16.7. The highest BCUT2D eigenvalue weighted by molar-refractivity contribution is 5.87. The van der Waals surface area contributed by atoms with Crippen molar-refractivity contribution in [1.29, 1.82) is 0 Å². The minimum Gasteiger partial charge on any atom is -0.478 e. The summed E-state index contributed by atoms with van der Waals surface area (Å²) >= 11 is 0. The van der Waals surface area contributed by atoms with Crippen LogP contribution in [0.4, 0.5) is 0 Å². The van der Waals surface area contributed by atoms with E-state index in [2.05, 4.69) is 13.2 Å². The molecule has 0 aromatic rings. The van der Waals surface area contributed by atoms with Gasteiger partial charge in [0, 0.05) is 24.0 Å². The van der Waals surface area contributed by atoms with Crippen molar-refractivity contribution in [3.05, 3.63) is 24.3 Å². The predicted octanol–water partition coefficient (Wildman–Crippen LogP) is 0.791. The van der Waals surface area contributed by atoms with Crippen LogP contribution < -0.4 is 0 Å². The average Bonchev–Trinajstić information content (AvgIpc) is 2.66. The Balaban J connectivity index is 2.76. The summed E-state index contributed by atoms with van der Waals surface area (Å²) in [5.74, 6) is -3.58. The number of carboxylic acids is 2. The van der Waals surface area contributed by atoms with Gasteiger partial charge in [-0.15, -0.1) is 0 Å². The molecule has 0 unspecified atom stereocenters. The van der Waals surface area contributed by atoms with Crippen LogP contribution in [-0.2, 0) is 19.1 Å². The number of hydrogen-bond donors (Lipinski definition) is 2. The highest BCUT2D eigenvalue weighted by Gasteiger charge is 2.39. The molecule has 1 aliphatic rings. The van der Waals surface area contributed by atoms with Crippen LogP contribution in [0.2, 0.25) is 0 Å². The van der Waals surface area contributed by atoms with Crippen LogP contribution in [0.5, 0.6) is 0 Å². The van der Waals surface area contributed by atoms with Crippen molar-refractivity contribution in [3.63, 3.8) is 0 Å². The van der Waals surface area contributed by atoms with Crippen molar-refractivity contribution in [2.24, 2.45) is 0 Å². The number of aliphatic carboxylic acids is 2. The summed E-state index contributed by atoms with van der Waals surface area (Å²) in [6.07, 6.45) is -0.177. The number of ether oxygens (including phenoxy) is 2. The third kappa shape index (κ3) is 3.40. The van der Waals surface area contributed by atoms with Crippen molar-refractivity contribution in [1.82, 2.24) is 0 Å². The standard InChI is InChI=1S/C11H14O6/c1-7(9(12)13)5-11(16-3-4-17-11)6-8(2)10(14)15/h1-6H2,(H,12,13)(H,14,15). The molecule has 0 spiro atoms. The summed E-state index contributed by atoms with van der Waals surface area (Å²) in [6.45, 7) is 7.34. The summed E-state index contributed by atoms with van der Waals surface area (Å²) in [5, 5.41) is 17.5. The number of rotatable bonds is 6. The Labute approximate surface area is 98.1 Å². The van der Waals surface area contributed by atoms with Crippen molar-refractivity contribution < 1.29 is 29.3 Å². The molecule has 6 nitrogen and oxygen atoms in total. The van der Waals surface area contributed by atoms with E-state index in [4.69, 9.17) is 19.7 Å². The fraction of sp³-hybridized carbons (Fsp3) is 0.455. The zero-order valence-electron chi connectivity index (χ0n) is 9.27. The predicted molar refractivity (Wildman–Crippen MR) is 57.4 cm³/mol. The van der Waals surface area contributed by atoms with Gasteiger partial charge in [-0.2, -0.15) is 0 Å². The Morgan fingerprint density at radius 2 is 1.35 bits per heavy atom. The molecule has 6 heteroatoms. The molecule has 1 heterocycles. The second-order valence-corrected chi connectivity index (χ2v) is 3.78. The van der Waals surface area contributed by atoms with E-state index < -0.39 is 17.7 Å². The number of carbonyl (C=O) groups is 2. The third-order valence-corrected chi connectivity index (χ3v) is 2.38. The lowest BCUT2D eigenvalue weighted by atomic mass is 9.99. The Morgan fingerprint density at radius 3 is 1.65 bits per heavy atom. The van der Waals surface area contributed by atoms with Crippen LogP contribution in [0, 0.1) is 0 Å². The van der Waals surface area contributed by atoms with Gasteiger partial charge in [0.2, 0.25) is 0 Å². The Bertz CT molecular complexity index is 334. The van der Waals surface area contributed by atoms with Gasteiger partial charge in [-0.05, 0) is 0 Å². The van der Waals surface area contributed by atoms with Gasteiger partial charge in [0.15, 0.2) is 5.79 Å². The fourth-order valence-corrected chi connectivity index (χ4v) is 1.57. The van der Waals surface area contributed by atoms with Crippen molar-refractivity contribution in [2.45, 2.75) is 18.6 Å². The van der Waals surface area contributed by atoms with Gasteiger partial charge in [-0.1, -0.05) is 13.2 Å². The summed E-state index contributed by atoms with van der Waals surface area (Å²) in [5.41, 5.74) is -0.185. The van der Waals surface area contributed by atoms with Gasteiger partial charge in [0.25, 0.3) is 0 Å². The molecule has 2 N–H and O–H groups in total. The summed E-state index contributed by atoms with van der Waals surface area (Å²) in [6, 6.07) is 0. The van der Waals surface area contributed by atoms with Crippen molar-refractivity contribution in [3.8, 4) is 0 Å². The molecule has 0 aromatic heterocycles. The molecular formula is C11H14O6. The molecule has 0 bridgehead atoms. The third-order valence-electron chi connectivity index (χ3n) is 2.38. The molecule has 1 fully saturated rings. The van der Waals surface area contributed by atoms with E-state index in [1.165, 1.54) is 0 Å². The molecule has 0 aliphatic carbocycles. The van der Waals surface area contributed by atoms with Crippen molar-refractivity contribution >= 4 is 11.9 Å². The Kier molecular flexibility index (Phi) is 4.03. The van der Waals surface area contributed by atoms with Gasteiger partial charge in [0.1, 0.15) is 0 Å². The summed E-state index contributed by atoms with van der Waals surface area (Å²) in [4.78, 5) is 21.4. The number of hydrogen-bond acceptors (Lipinski definition) is 4. The highest BCUT2D eigenvalue weighted by Crippen LogP contribution is 2.32. The zero-order valence-corrected chi connectivity index (χ0v) is 9.27. The van der Waals surface area contributed by atoms with Gasteiger partial charge in [0.05, 0.1) is 13.2 Å². The summed E-state index contributed by atoms with van der Waals surface area (Å²) in [7, 11) is 0. The minimum absolute atomic E-state index is 0.0887. The van der Waals surface area contributed by atoms with Crippen LogP contribution in [0.3, 0.4) is 0 Å². The second-order valence-electron chi connectivity index (χ2n) is 3.78. The van der Waals surface area contributed by atoms with Crippen molar-refractivity contribution in [2.75, 3.05) is 13.2 Å². The van der Waals surface area contributed by atoms with E-state index in [0.29, 0.717) is 13.2 Å². The Morgan fingerprint density at radius 1 is 1.00 bits per heavy atom. The van der Waals surface area contributed by atoms with Crippen LogP contribution >= 0.6 is 0 Å². The minimum atomic E-state index is -1.26. The van der Waals surface area contributed by atoms with Gasteiger partial charge in [-0.3, -0.25) is 0 Å². The molecule has 0 aromatic carbocycles. The lowest BCUT2D eigenvalue weighted by Crippen LogP contribution is -2.33. The van der Waals surface area contributed by atoms with Crippen LogP contribution in [0.1, 0.15) is 12.8 Å². The Hall–Kier alpha value is -1.66. The maximum Gasteiger partial charge on any atom is 0.331 e. The molecular weight excluding hydrogens is 228 g/mol. The molecule has 0 saturated carbocycles. The first-order chi connectivity index (χ1) is 7.86. The maximum atomic E-state index is 10.7. The lowest BCUT2D eigenvalue weighted by Gasteiger charge is -2.27. The van der Waals surface area contributed by atoms with Crippen LogP contribution in [0.25, 0.3) is 0 Å². The smallest absolute Gasteiger partial charge is 0.331 e. The van der Waals surface area contributed by atoms with Crippen LogP contribution in [-0.4, -0.2) is 41.2 Å². The normalized spacial score (nSPS) is 17.6. The van der Waals surface area contributed by atoms with Gasteiger partial charge < -0.3 is 19.7 Å². The van der Waals surface area contributed by atoms with Gasteiger partial charge >= 0.3 is 11.9 Å². The first-order valence-electron chi connectivity index (χ1n) is 4.96. The molecule has 17 heavy (non-hydrogen) atoms. The topological polar surface area (TPSA) is 93.1 Å². The fourth-order valence-electron chi connectivity index (χ4n) is 1.57. The zero-order chi connectivity index (χ0) is 13.1. The molecule has 0 atom stereocenters. The molecule has 94 valence electrons. The van der Waals surface area contributed by atoms with E-state index in [1.54, 1.807) is 0 Å². The molecule has 1 saturated heterocycles. The van der Waals surface area contributed by atoms with E-state index in [-0.39, 0.29) is 24.0 Å². The summed E-state index contributed by atoms with van der Waals surface area (Å²) < 4.78 is 10.6. The average molecular weight is 242 g/mol. The lowest BCUT2D eigenvalue weighted by molar-refractivity contribution is -0.162. The van der Waals surface area contributed by atoms with E-state index in [9.17, 15) is 9.59 Å². The monoisotopic (exact) mass is 242 g/mol.